The molecule has 0 aliphatic rings. The minimum Gasteiger partial charge on any atom is -0.349 e. The molecule has 1 rings (SSSR count). The average molecular weight is 285 g/mol. The number of amides is 1. The number of carbonyl (C=O) groups is 1. The fourth-order valence-electron chi connectivity index (χ4n) is 0.884. The summed E-state index contributed by atoms with van der Waals surface area (Å²) in [7, 11) is 0. The van der Waals surface area contributed by atoms with Crippen molar-refractivity contribution in [2.45, 2.75) is 6.18 Å². The van der Waals surface area contributed by atoms with E-state index in [1.54, 1.807) is 0 Å². The van der Waals surface area contributed by atoms with Gasteiger partial charge in [-0.3, -0.25) is 4.79 Å². The molecule has 0 atom stereocenters. The highest BCUT2D eigenvalue weighted by Crippen LogP contribution is 2.31. The number of alkyl halides is 3. The second kappa shape index (κ2) is 5.62. The molecule has 0 spiro atoms. The molecule has 0 saturated heterocycles. The van der Waals surface area contributed by atoms with Crippen LogP contribution in [0.3, 0.4) is 0 Å². The molecular weight excluding hydrogens is 279 g/mol. The van der Waals surface area contributed by atoms with Crippen molar-refractivity contribution < 1.29 is 27.9 Å². The number of carbonyl (C=O) groups excluding carboxylic acids is 1. The van der Waals surface area contributed by atoms with E-state index < -0.39 is 34.5 Å². The molecule has 0 aliphatic heterocycles. The van der Waals surface area contributed by atoms with Crippen molar-refractivity contribution in [2.75, 3.05) is 13.2 Å². The highest BCUT2D eigenvalue weighted by Gasteiger charge is 2.35. The van der Waals surface area contributed by atoms with Gasteiger partial charge in [-0.1, -0.05) is 0 Å². The maximum Gasteiger partial charge on any atom is 0.443 e. The van der Waals surface area contributed by atoms with Crippen molar-refractivity contribution >= 4 is 17.2 Å². The molecule has 0 aliphatic carbocycles. The third kappa shape index (κ3) is 4.16. The van der Waals surface area contributed by atoms with Crippen molar-refractivity contribution in [1.82, 2.24) is 10.3 Å². The second-order valence-corrected chi connectivity index (χ2v) is 3.71. The van der Waals surface area contributed by atoms with Crippen molar-refractivity contribution in [3.63, 3.8) is 0 Å². The van der Waals surface area contributed by atoms with Crippen LogP contribution in [0.2, 0.25) is 0 Å². The Balaban J connectivity index is 2.47. The van der Waals surface area contributed by atoms with Crippen LogP contribution in [0.15, 0.2) is 5.38 Å². The molecular formula is C7H6F3N3O4S. The summed E-state index contributed by atoms with van der Waals surface area (Å²) in [5, 5.41) is 10.7. The van der Waals surface area contributed by atoms with Crippen molar-refractivity contribution in [3.8, 4) is 0 Å². The molecule has 0 radical (unpaired) electrons. The fraction of sp³-hybridized carbons (Fsp3) is 0.429. The van der Waals surface area contributed by atoms with Gasteiger partial charge >= 0.3 is 6.18 Å². The Bertz CT molecular complexity index is 447. The van der Waals surface area contributed by atoms with Gasteiger partial charge in [0.25, 0.3) is 11.0 Å². The molecule has 1 aromatic rings. The van der Waals surface area contributed by atoms with Crippen LogP contribution < -0.4 is 5.32 Å². The maximum atomic E-state index is 12.2. The van der Waals surface area contributed by atoms with Gasteiger partial charge < -0.3 is 10.2 Å². The molecule has 0 fully saturated rings. The first-order valence-corrected chi connectivity index (χ1v) is 5.27. The summed E-state index contributed by atoms with van der Waals surface area (Å²) in [6.45, 7) is -0.603. The number of nitrogens with one attached hydrogen (secondary N) is 1. The molecule has 0 saturated carbocycles. The van der Waals surface area contributed by atoms with Crippen LogP contribution in [0, 0.1) is 10.1 Å². The van der Waals surface area contributed by atoms with Gasteiger partial charge in [-0.2, -0.15) is 13.2 Å². The first-order chi connectivity index (χ1) is 8.30. The van der Waals surface area contributed by atoms with Crippen LogP contribution in [0.5, 0.6) is 0 Å². The Hall–Kier alpha value is -1.91. The van der Waals surface area contributed by atoms with Gasteiger partial charge in [-0.25, -0.2) is 4.98 Å². The highest BCUT2D eigenvalue weighted by atomic mass is 32.1. The Labute approximate surface area is 102 Å². The second-order valence-electron chi connectivity index (χ2n) is 2.85. The average Bonchev–Trinajstić information content (AvgIpc) is 2.72. The number of aromatic nitrogens is 1. The number of hydrogen-bond acceptors (Lipinski definition) is 6. The highest BCUT2D eigenvalue weighted by molar-refractivity contribution is 7.09. The number of thiazole rings is 1. The van der Waals surface area contributed by atoms with E-state index in [0.717, 1.165) is 5.38 Å². The van der Waals surface area contributed by atoms with Gasteiger partial charge in [0.05, 0.1) is 0 Å². The van der Waals surface area contributed by atoms with E-state index in [0.29, 0.717) is 11.3 Å². The Morgan fingerprint density at radius 1 is 1.61 bits per heavy atom. The summed E-state index contributed by atoms with van der Waals surface area (Å²) in [5.74, 6) is -0.853. The van der Waals surface area contributed by atoms with Crippen molar-refractivity contribution in [1.29, 1.82) is 0 Å². The van der Waals surface area contributed by atoms with E-state index in [-0.39, 0.29) is 6.54 Å². The van der Waals surface area contributed by atoms with Gasteiger partial charge in [0.1, 0.15) is 12.3 Å². The maximum absolute atomic E-state index is 12.2. The largest absolute Gasteiger partial charge is 0.443 e. The number of rotatable bonds is 5. The van der Waals surface area contributed by atoms with Crippen LogP contribution >= 0.6 is 11.3 Å². The molecule has 1 N–H and O–H groups in total. The molecule has 100 valence electrons. The quantitative estimate of drug-likeness (QED) is 0.496. The van der Waals surface area contributed by atoms with E-state index in [1.165, 1.54) is 0 Å². The fourth-order valence-corrected chi connectivity index (χ4v) is 1.55. The molecule has 1 aromatic heterocycles. The molecule has 7 nitrogen and oxygen atoms in total. The minimum atomic E-state index is -4.60. The van der Waals surface area contributed by atoms with Crippen molar-refractivity contribution in [3.05, 3.63) is 26.2 Å². The van der Waals surface area contributed by atoms with Crippen LogP contribution in [0.1, 0.15) is 15.5 Å². The summed E-state index contributed by atoms with van der Waals surface area (Å²) in [5.41, 5.74) is -0.395. The van der Waals surface area contributed by atoms with Crippen molar-refractivity contribution in [2.24, 2.45) is 0 Å². The molecule has 0 bridgehead atoms. The third-order valence-electron chi connectivity index (χ3n) is 1.56. The van der Waals surface area contributed by atoms with Gasteiger partial charge in [-0.15, -0.1) is 21.5 Å². The van der Waals surface area contributed by atoms with Gasteiger partial charge in [-0.05, 0) is 0 Å². The monoisotopic (exact) mass is 285 g/mol. The number of hydrogen-bond donors (Lipinski definition) is 1. The minimum absolute atomic E-state index is 0.210. The molecule has 11 heteroatoms. The predicted octanol–water partition coefficient (Wildman–Crippen LogP) is 1.10. The van der Waals surface area contributed by atoms with E-state index in [2.05, 4.69) is 15.1 Å². The normalized spacial score (nSPS) is 11.1. The summed E-state index contributed by atoms with van der Waals surface area (Å²) in [6, 6.07) is 0. The number of halogens is 3. The Morgan fingerprint density at radius 3 is 2.78 bits per heavy atom. The summed E-state index contributed by atoms with van der Waals surface area (Å²) in [6.07, 6.45) is -4.60. The van der Waals surface area contributed by atoms with E-state index in [9.17, 15) is 28.1 Å². The molecule has 1 heterocycles. The molecule has 1 amide bonds. The van der Waals surface area contributed by atoms with E-state index >= 15 is 0 Å². The zero-order valence-electron chi connectivity index (χ0n) is 8.56. The summed E-state index contributed by atoms with van der Waals surface area (Å²) < 4.78 is 36.5. The Kier molecular flexibility index (Phi) is 4.42. The lowest BCUT2D eigenvalue weighted by Crippen LogP contribution is -2.28. The number of nitrogens with zero attached hydrogens (tertiary/aromatic N) is 2. The van der Waals surface area contributed by atoms with Crippen LogP contribution in [-0.4, -0.2) is 29.1 Å². The van der Waals surface area contributed by atoms with E-state index in [1.807, 2.05) is 0 Å². The molecule has 0 aromatic carbocycles. The lowest BCUT2D eigenvalue weighted by molar-refractivity contribution is -0.757. The first-order valence-electron chi connectivity index (χ1n) is 4.39. The molecule has 0 unspecified atom stereocenters. The van der Waals surface area contributed by atoms with Gasteiger partial charge in [0.2, 0.25) is 0 Å². The standard InChI is InChI=1S/C7H6F3N3O4S/c8-7(9,10)6-12-4(3-18-6)5(14)11-1-2-17-13(15)16/h3H,1-2H2,(H,11,14). The predicted molar refractivity (Wildman–Crippen MR) is 52.4 cm³/mol. The Morgan fingerprint density at radius 2 is 2.28 bits per heavy atom. The lowest BCUT2D eigenvalue weighted by Gasteiger charge is -2.02. The van der Waals surface area contributed by atoms with Crippen LogP contribution in [-0.2, 0) is 11.0 Å². The zero-order valence-corrected chi connectivity index (χ0v) is 9.38. The first kappa shape index (κ1) is 14.2. The topological polar surface area (TPSA) is 94.4 Å². The third-order valence-corrected chi connectivity index (χ3v) is 2.45. The smallest absolute Gasteiger partial charge is 0.349 e. The lowest BCUT2D eigenvalue weighted by atomic mass is 10.4. The van der Waals surface area contributed by atoms with Gasteiger partial charge in [0.15, 0.2) is 5.01 Å². The summed E-state index contributed by atoms with van der Waals surface area (Å²) in [4.78, 5) is 28.0. The SMILES string of the molecule is O=C(NCCO[N+](=O)[O-])c1csc(C(F)(F)F)n1. The van der Waals surface area contributed by atoms with E-state index in [4.69, 9.17) is 0 Å². The van der Waals surface area contributed by atoms with Gasteiger partial charge in [0, 0.05) is 11.9 Å². The molecule has 18 heavy (non-hydrogen) atoms. The van der Waals surface area contributed by atoms with Crippen LogP contribution in [0.4, 0.5) is 13.2 Å². The zero-order chi connectivity index (χ0) is 13.8. The summed E-state index contributed by atoms with van der Waals surface area (Å²) >= 11 is 0.292. The van der Waals surface area contributed by atoms with Crippen LogP contribution in [0.25, 0.3) is 0 Å².